The first-order valence-electron chi connectivity index (χ1n) is 7.37. The van der Waals surface area contributed by atoms with Gasteiger partial charge in [0.1, 0.15) is 5.69 Å². The summed E-state index contributed by atoms with van der Waals surface area (Å²) in [7, 11) is 0. The van der Waals surface area contributed by atoms with E-state index in [0.717, 1.165) is 34.3 Å². The van der Waals surface area contributed by atoms with Crippen molar-refractivity contribution >= 4 is 0 Å². The molecule has 6 heteroatoms. The Balaban J connectivity index is 2.15. The number of imidazole rings is 1. The largest absolute Gasteiger partial charge is 0.295 e. The molecular formula is C16H20N6. The second-order valence-corrected chi connectivity index (χ2v) is 5.72. The van der Waals surface area contributed by atoms with Crippen molar-refractivity contribution in [3.05, 3.63) is 41.9 Å². The smallest absolute Gasteiger partial charge is 0.164 e. The van der Waals surface area contributed by atoms with E-state index in [1.165, 1.54) is 0 Å². The lowest BCUT2D eigenvalue weighted by atomic mass is 10.3. The Labute approximate surface area is 129 Å². The zero-order chi connectivity index (χ0) is 15.9. The van der Waals surface area contributed by atoms with Crippen molar-refractivity contribution in [2.45, 2.75) is 40.7 Å². The number of hydrogen-bond acceptors (Lipinski definition) is 4. The molecule has 3 heterocycles. The van der Waals surface area contributed by atoms with Crippen molar-refractivity contribution in [1.82, 2.24) is 29.3 Å². The Morgan fingerprint density at radius 3 is 2.36 bits per heavy atom. The highest BCUT2D eigenvalue weighted by atomic mass is 15.3. The normalized spacial score (nSPS) is 11.4. The van der Waals surface area contributed by atoms with Crippen LogP contribution >= 0.6 is 0 Å². The molecule has 0 atom stereocenters. The highest BCUT2D eigenvalue weighted by Gasteiger charge is 2.18. The molecule has 0 bridgehead atoms. The highest BCUT2D eigenvalue weighted by molar-refractivity contribution is 5.55. The molecule has 114 valence electrons. The summed E-state index contributed by atoms with van der Waals surface area (Å²) in [5, 5.41) is 4.65. The number of aromatic nitrogens is 6. The van der Waals surface area contributed by atoms with Crippen LogP contribution in [-0.4, -0.2) is 29.3 Å². The summed E-state index contributed by atoms with van der Waals surface area (Å²) in [4.78, 5) is 13.2. The predicted molar refractivity (Wildman–Crippen MR) is 85.0 cm³/mol. The first kappa shape index (κ1) is 14.4. The third-order valence-corrected chi connectivity index (χ3v) is 3.67. The molecule has 0 spiro atoms. The van der Waals surface area contributed by atoms with Crippen LogP contribution < -0.4 is 0 Å². The van der Waals surface area contributed by atoms with Crippen molar-refractivity contribution in [3.8, 4) is 17.2 Å². The van der Waals surface area contributed by atoms with E-state index < -0.39 is 0 Å². The predicted octanol–water partition coefficient (Wildman–Crippen LogP) is 3.03. The van der Waals surface area contributed by atoms with E-state index in [1.807, 2.05) is 29.3 Å². The summed E-state index contributed by atoms with van der Waals surface area (Å²) < 4.78 is 4.07. The van der Waals surface area contributed by atoms with Crippen molar-refractivity contribution in [2.24, 2.45) is 0 Å². The summed E-state index contributed by atoms with van der Waals surface area (Å²) >= 11 is 0. The summed E-state index contributed by atoms with van der Waals surface area (Å²) in [5.74, 6) is 0.780. The van der Waals surface area contributed by atoms with Crippen LogP contribution in [0.5, 0.6) is 0 Å². The third-order valence-electron chi connectivity index (χ3n) is 3.67. The van der Waals surface area contributed by atoms with Crippen LogP contribution in [0.25, 0.3) is 17.2 Å². The van der Waals surface area contributed by atoms with Crippen LogP contribution in [-0.2, 0) is 0 Å². The fourth-order valence-corrected chi connectivity index (χ4v) is 2.69. The molecule has 3 aromatic heterocycles. The van der Waals surface area contributed by atoms with Gasteiger partial charge in [-0.3, -0.25) is 14.2 Å². The van der Waals surface area contributed by atoms with Gasteiger partial charge in [-0.05, 0) is 34.6 Å². The maximum Gasteiger partial charge on any atom is 0.164 e. The quantitative estimate of drug-likeness (QED) is 0.745. The standard InChI is InChI=1S/C16H20N6/c1-10(2)22-13(5)15(12(4)20-22)21-7-6-17-16(21)14-9-18-11(3)8-19-14/h6-10H,1-5H3. The van der Waals surface area contributed by atoms with Crippen molar-refractivity contribution < 1.29 is 0 Å². The Morgan fingerprint density at radius 2 is 1.77 bits per heavy atom. The van der Waals surface area contributed by atoms with Crippen LogP contribution in [0.15, 0.2) is 24.8 Å². The van der Waals surface area contributed by atoms with E-state index >= 15 is 0 Å². The van der Waals surface area contributed by atoms with Crippen molar-refractivity contribution in [3.63, 3.8) is 0 Å². The monoisotopic (exact) mass is 296 g/mol. The maximum atomic E-state index is 4.65. The molecule has 22 heavy (non-hydrogen) atoms. The SMILES string of the molecule is Cc1cnc(-c2nccn2-c2c(C)nn(C(C)C)c2C)cn1. The first-order chi connectivity index (χ1) is 10.5. The second-order valence-electron chi connectivity index (χ2n) is 5.72. The lowest BCUT2D eigenvalue weighted by Gasteiger charge is -2.10. The molecule has 6 nitrogen and oxygen atoms in total. The average Bonchev–Trinajstić information content (AvgIpc) is 3.04. The van der Waals surface area contributed by atoms with Gasteiger partial charge in [-0.2, -0.15) is 5.10 Å². The average molecular weight is 296 g/mol. The van der Waals surface area contributed by atoms with Gasteiger partial charge in [0.05, 0.1) is 29.0 Å². The van der Waals surface area contributed by atoms with Crippen LogP contribution in [0.3, 0.4) is 0 Å². The second kappa shape index (κ2) is 5.36. The summed E-state index contributed by atoms with van der Waals surface area (Å²) in [6, 6.07) is 0.318. The number of rotatable bonds is 3. The molecule has 0 aliphatic heterocycles. The molecule has 0 saturated carbocycles. The van der Waals surface area contributed by atoms with Crippen LogP contribution in [0.4, 0.5) is 0 Å². The van der Waals surface area contributed by atoms with E-state index in [1.54, 1.807) is 18.6 Å². The van der Waals surface area contributed by atoms with Crippen molar-refractivity contribution in [2.75, 3.05) is 0 Å². The third kappa shape index (κ3) is 2.30. The summed E-state index contributed by atoms with van der Waals surface area (Å²) in [6.07, 6.45) is 7.23. The Kier molecular flexibility index (Phi) is 3.52. The van der Waals surface area contributed by atoms with E-state index in [4.69, 9.17) is 0 Å². The summed E-state index contributed by atoms with van der Waals surface area (Å²) in [6.45, 7) is 10.3. The molecule has 0 amide bonds. The zero-order valence-corrected chi connectivity index (χ0v) is 13.6. The molecule has 3 aromatic rings. The van der Waals surface area contributed by atoms with E-state index in [0.29, 0.717) is 6.04 Å². The molecule has 0 aliphatic rings. The van der Waals surface area contributed by atoms with E-state index in [9.17, 15) is 0 Å². The fourth-order valence-electron chi connectivity index (χ4n) is 2.69. The Bertz CT molecular complexity index is 795. The molecule has 3 rings (SSSR count). The van der Waals surface area contributed by atoms with E-state index in [2.05, 4.69) is 40.8 Å². The fraction of sp³-hybridized carbons (Fsp3) is 0.375. The minimum Gasteiger partial charge on any atom is -0.295 e. The highest BCUT2D eigenvalue weighted by Crippen LogP contribution is 2.25. The summed E-state index contributed by atoms with van der Waals surface area (Å²) in [5.41, 5.74) is 4.80. The lowest BCUT2D eigenvalue weighted by molar-refractivity contribution is 0.516. The van der Waals surface area contributed by atoms with Gasteiger partial charge in [-0.25, -0.2) is 9.97 Å². The van der Waals surface area contributed by atoms with Gasteiger partial charge < -0.3 is 0 Å². The van der Waals surface area contributed by atoms with Crippen LogP contribution in [0, 0.1) is 20.8 Å². The van der Waals surface area contributed by atoms with Crippen LogP contribution in [0.1, 0.15) is 37.0 Å². The van der Waals surface area contributed by atoms with E-state index in [-0.39, 0.29) is 0 Å². The van der Waals surface area contributed by atoms with Gasteiger partial charge in [0, 0.05) is 24.6 Å². The van der Waals surface area contributed by atoms with Gasteiger partial charge >= 0.3 is 0 Å². The minimum absolute atomic E-state index is 0.318. The molecule has 0 aromatic carbocycles. The topological polar surface area (TPSA) is 61.4 Å². The Morgan fingerprint density at radius 1 is 1.00 bits per heavy atom. The molecule has 0 N–H and O–H groups in total. The zero-order valence-electron chi connectivity index (χ0n) is 13.6. The van der Waals surface area contributed by atoms with Crippen molar-refractivity contribution in [1.29, 1.82) is 0 Å². The Hall–Kier alpha value is -2.50. The van der Waals surface area contributed by atoms with Gasteiger partial charge in [0.2, 0.25) is 0 Å². The molecular weight excluding hydrogens is 276 g/mol. The minimum atomic E-state index is 0.318. The number of aryl methyl sites for hydroxylation is 2. The molecule has 0 unspecified atom stereocenters. The molecule has 0 aliphatic carbocycles. The number of hydrogen-bond donors (Lipinski definition) is 0. The van der Waals surface area contributed by atoms with Gasteiger partial charge in [-0.15, -0.1) is 0 Å². The maximum absolute atomic E-state index is 4.65. The van der Waals surface area contributed by atoms with Gasteiger partial charge in [0.25, 0.3) is 0 Å². The van der Waals surface area contributed by atoms with Crippen LogP contribution in [0.2, 0.25) is 0 Å². The first-order valence-corrected chi connectivity index (χ1v) is 7.37. The number of nitrogens with zero attached hydrogens (tertiary/aromatic N) is 6. The van der Waals surface area contributed by atoms with Gasteiger partial charge in [0.15, 0.2) is 5.82 Å². The van der Waals surface area contributed by atoms with Gasteiger partial charge in [-0.1, -0.05) is 0 Å². The molecule has 0 saturated heterocycles. The molecule has 0 fully saturated rings. The molecule has 0 radical (unpaired) electrons. The lowest BCUT2D eigenvalue weighted by Crippen LogP contribution is -2.06.